The van der Waals surface area contributed by atoms with Gasteiger partial charge in [0, 0.05) is 59.3 Å². The van der Waals surface area contributed by atoms with Crippen molar-refractivity contribution in [1.29, 1.82) is 0 Å². The first-order valence-corrected chi connectivity index (χ1v) is 40.1. The molecule has 4 heterocycles. The van der Waals surface area contributed by atoms with Gasteiger partial charge >= 0.3 is 0 Å². The first-order chi connectivity index (χ1) is 53.0. The molecule has 14 aromatic rings. The van der Waals surface area contributed by atoms with E-state index in [1.165, 1.54) is 135 Å². The largest absolute Gasteiger partial charge is 0.310 e. The van der Waals surface area contributed by atoms with Crippen LogP contribution in [0.1, 0.15) is 138 Å². The van der Waals surface area contributed by atoms with Crippen molar-refractivity contribution in [3.05, 3.63) is 389 Å². The van der Waals surface area contributed by atoms with E-state index in [-0.39, 0.29) is 23.7 Å². The van der Waals surface area contributed by atoms with E-state index in [2.05, 4.69) is 449 Å². The van der Waals surface area contributed by atoms with E-state index >= 15 is 0 Å². The molecule has 0 saturated carbocycles. The third-order valence-corrected chi connectivity index (χ3v) is 25.3. The van der Waals surface area contributed by atoms with E-state index in [0.717, 1.165) is 72.2 Å². The van der Waals surface area contributed by atoms with Crippen LogP contribution in [-0.2, 0) is 22.7 Å². The number of aryl methyl sites for hydroxylation is 8. The minimum Gasteiger partial charge on any atom is -0.310 e. The van der Waals surface area contributed by atoms with Gasteiger partial charge in [-0.2, -0.15) is 0 Å². The summed E-state index contributed by atoms with van der Waals surface area (Å²) in [6.07, 6.45) is 1.08. The van der Waals surface area contributed by atoms with E-state index in [4.69, 9.17) is 0 Å². The molecular weight excluding hydrogens is 1480 g/mol. The Kier molecular flexibility index (Phi) is 19.1. The fourth-order valence-corrected chi connectivity index (χ4v) is 18.2. The van der Waals surface area contributed by atoms with Gasteiger partial charge in [-0.3, -0.25) is 0 Å². The van der Waals surface area contributed by atoms with Crippen molar-refractivity contribution >= 4 is 134 Å². The second kappa shape index (κ2) is 28.6. The zero-order chi connectivity index (χ0) is 76.4. The molecule has 0 bridgehead atoms. The Morgan fingerprint density at radius 1 is 0.207 bits per heavy atom. The summed E-state index contributed by atoms with van der Waals surface area (Å²) in [5, 5.41) is 0. The maximum absolute atomic E-state index is 3.59. The quantitative estimate of drug-likeness (QED) is 0.164. The van der Waals surface area contributed by atoms with Crippen LogP contribution in [0.3, 0.4) is 0 Å². The van der Waals surface area contributed by atoms with E-state index in [1.54, 1.807) is 0 Å². The molecule has 4 aliphatic heterocycles. The Labute approximate surface area is 674 Å². The average molecular weight is 1580 g/mol. The van der Waals surface area contributed by atoms with Gasteiger partial charge in [-0.25, -0.2) is 0 Å². The molecule has 0 unspecified atom stereocenters. The summed E-state index contributed by atoms with van der Waals surface area (Å²) in [4.78, 5) is 14.6. The molecule has 0 radical (unpaired) electrons. The number of fused-ring (bicyclic) bond motifs is 10. The number of halogens is 2. The first kappa shape index (κ1) is 74.0. The van der Waals surface area contributed by atoms with Crippen LogP contribution >= 0.6 is 31.9 Å². The monoisotopic (exact) mass is 1570 g/mol. The van der Waals surface area contributed by atoms with Crippen molar-refractivity contribution < 1.29 is 0 Å². The highest BCUT2D eigenvalue weighted by Crippen LogP contribution is 2.60. The molecule has 552 valence electrons. The van der Waals surface area contributed by atoms with Gasteiger partial charge in [0.25, 0.3) is 0 Å². The zero-order valence-electron chi connectivity index (χ0n) is 65.4. The van der Waals surface area contributed by atoms with Crippen LogP contribution in [0, 0.1) is 55.4 Å². The topological polar surface area (TPSA) is 19.4 Å². The number of nitrogens with zero attached hydrogens (tertiary/aromatic N) is 6. The van der Waals surface area contributed by atoms with E-state index in [0.29, 0.717) is 0 Å². The molecule has 0 fully saturated rings. The van der Waals surface area contributed by atoms with Gasteiger partial charge in [-0.1, -0.05) is 202 Å². The minimum absolute atomic E-state index is 0. The summed E-state index contributed by atoms with van der Waals surface area (Å²) in [5.41, 5.74) is 42.6. The summed E-state index contributed by atoms with van der Waals surface area (Å²) in [5.74, 6) is 0. The Morgan fingerprint density at radius 2 is 0.369 bits per heavy atom. The molecule has 0 amide bonds. The van der Waals surface area contributed by atoms with Crippen molar-refractivity contribution in [2.75, 3.05) is 29.4 Å². The fourth-order valence-electron chi connectivity index (χ4n) is 17.7. The molecule has 111 heavy (non-hydrogen) atoms. The summed E-state index contributed by atoms with van der Waals surface area (Å²) in [6, 6.07) is 107. The molecule has 14 aromatic carbocycles. The highest BCUT2D eigenvalue weighted by Gasteiger charge is 2.41. The molecule has 0 spiro atoms. The van der Waals surface area contributed by atoms with Crippen molar-refractivity contribution in [1.82, 2.24) is 0 Å². The second-order valence-electron chi connectivity index (χ2n) is 32.1. The lowest BCUT2D eigenvalue weighted by Gasteiger charge is -2.43. The van der Waals surface area contributed by atoms with Crippen LogP contribution in [0.25, 0.3) is 0 Å². The second-order valence-corrected chi connectivity index (χ2v) is 34.0. The predicted molar refractivity (Wildman–Crippen MR) is 480 cm³/mol. The molecule has 0 N–H and O–H groups in total. The molecule has 8 heteroatoms. The first-order valence-electron chi connectivity index (χ1n) is 38.5. The number of rotatable bonds is 6. The highest BCUT2D eigenvalue weighted by molar-refractivity contribution is 9.10. The molecule has 6 nitrogen and oxygen atoms in total. The van der Waals surface area contributed by atoms with Crippen LogP contribution in [0.2, 0.25) is 0 Å². The van der Waals surface area contributed by atoms with Crippen LogP contribution in [-0.4, -0.2) is 0 Å². The molecule has 0 saturated heterocycles. The molecule has 5 aliphatic rings. The smallest absolute Gasteiger partial charge is 0.0706 e. The maximum Gasteiger partial charge on any atom is 0.0706 e. The Balaban J connectivity index is 0.000000157. The lowest BCUT2D eigenvalue weighted by atomic mass is 9.69. The van der Waals surface area contributed by atoms with Gasteiger partial charge in [0.1, 0.15) is 0 Å². The zero-order valence-corrected chi connectivity index (χ0v) is 68.5. The highest BCUT2D eigenvalue weighted by atomic mass is 79.9. The normalized spacial score (nSPS) is 14.5. The molecule has 0 aromatic heterocycles. The van der Waals surface area contributed by atoms with Crippen molar-refractivity contribution in [3.8, 4) is 0 Å². The molecule has 1 aliphatic carbocycles. The van der Waals surface area contributed by atoms with Gasteiger partial charge in [-0.15, -0.1) is 0 Å². The average Bonchev–Trinajstić information content (AvgIpc) is 0.729. The van der Waals surface area contributed by atoms with Crippen LogP contribution in [0.5, 0.6) is 0 Å². The number of benzene rings is 14. The number of anilines is 18. The predicted octanol–water partition coefficient (Wildman–Crippen LogP) is 30.6. The van der Waals surface area contributed by atoms with E-state index < -0.39 is 0 Å². The SMILES string of the molecule is C.CC1(C)c2ccccc2Cc2ccccc21.Cc1cc2c(cc1C)N(c1ccc(Br)cc1)c1cc(C)c(C)cc1N2c1ccc(Br)cc1.Cc1cc2c(cc1C)N(c1ccc(N3c4ccccc4C(C)(C)c4ccccc43)cc1)c1cc(C)c(C)cc1N2c1ccc(N2c3ccccc3C(C)(C)c3ccccc32)cc1. The van der Waals surface area contributed by atoms with Gasteiger partial charge in [0.2, 0.25) is 0 Å². The summed E-state index contributed by atoms with van der Waals surface area (Å²) in [6.45, 7) is 31.7. The molecule has 19 rings (SSSR count). The van der Waals surface area contributed by atoms with Gasteiger partial charge in [0.15, 0.2) is 0 Å². The summed E-state index contributed by atoms with van der Waals surface area (Å²) < 4.78 is 2.16. The van der Waals surface area contributed by atoms with Crippen molar-refractivity contribution in [2.24, 2.45) is 0 Å². The van der Waals surface area contributed by atoms with Crippen LogP contribution < -0.4 is 29.4 Å². The van der Waals surface area contributed by atoms with E-state index in [1.807, 2.05) is 0 Å². The van der Waals surface area contributed by atoms with Crippen molar-refractivity contribution in [2.45, 2.75) is 127 Å². The lowest BCUT2D eigenvalue weighted by Crippen LogP contribution is -2.30. The van der Waals surface area contributed by atoms with Gasteiger partial charge in [-0.05, 0) is 321 Å². The van der Waals surface area contributed by atoms with Gasteiger partial charge < -0.3 is 29.4 Å². The molecular formula is C103H96Br2N6. The Hall–Kier alpha value is -11.2. The van der Waals surface area contributed by atoms with Crippen LogP contribution in [0.4, 0.5) is 102 Å². The van der Waals surface area contributed by atoms with Crippen molar-refractivity contribution in [3.63, 3.8) is 0 Å². The minimum atomic E-state index is -0.107. The number of hydrogen-bond acceptors (Lipinski definition) is 6. The Morgan fingerprint density at radius 3 is 0.586 bits per heavy atom. The number of para-hydroxylation sites is 4. The van der Waals surface area contributed by atoms with Crippen LogP contribution in [0.15, 0.2) is 300 Å². The Bertz CT molecular complexity index is 5370. The third kappa shape index (κ3) is 12.6. The third-order valence-electron chi connectivity index (χ3n) is 24.2. The summed E-state index contributed by atoms with van der Waals surface area (Å²) in [7, 11) is 0. The van der Waals surface area contributed by atoms with E-state index in [9.17, 15) is 0 Å². The fraction of sp³-hybridized carbons (Fsp3) is 0.184. The lowest BCUT2D eigenvalue weighted by molar-refractivity contribution is 0.610. The number of hydrogen-bond donors (Lipinski definition) is 0. The molecule has 0 atom stereocenters. The van der Waals surface area contributed by atoms with Gasteiger partial charge in [0.05, 0.1) is 68.2 Å². The summed E-state index contributed by atoms with van der Waals surface area (Å²) >= 11 is 7.18. The maximum atomic E-state index is 3.59. The standard InChI is InChI=1S/C58H52N4.C28H24Br2N2.C16H16.CH4/c1-37-33-53-54(34-38(37)2)62(44-31-27-42(28-32-44)60-51-23-15-11-19-47(51)58(7,8)48-20-12-16-24-52(48)60)56-36-40(4)39(3)35-55(56)61(53)43-29-25-41(26-30-43)59-49-21-13-9-17-45(49)57(5,6)46-18-10-14-22-50(46)59;1-17-13-25-26(14-18(17)2)32(24-11-7-22(30)8-12-24)28-16-20(4)19(3)15-27(28)31(25)23-9-5-21(29)6-10-23;1-16(2)14-9-5-3-7-12(14)11-13-8-4-6-10-15(13)16;/h9-36H,1-8H3;5-16H,1-4H3;3-10H,11H2,1-2H3;1H4.